The highest BCUT2D eigenvalue weighted by Crippen LogP contribution is 2.16. The molecule has 0 fully saturated rings. The molecule has 0 unspecified atom stereocenters. The van der Waals surface area contributed by atoms with Gasteiger partial charge in [0.15, 0.2) is 5.69 Å². The molecule has 0 amide bonds. The number of aromatic nitrogens is 2. The SMILES string of the molecule is Cc1ccc2c(C(=O)O)nc(CCC(=O)O)n2c1. The van der Waals surface area contributed by atoms with Crippen LogP contribution in [0.5, 0.6) is 0 Å². The number of aromatic carboxylic acids is 1. The molecular weight excluding hydrogens is 236 g/mol. The first-order valence-electron chi connectivity index (χ1n) is 5.41. The summed E-state index contributed by atoms with van der Waals surface area (Å²) in [6, 6.07) is 3.47. The number of hydrogen-bond acceptors (Lipinski definition) is 3. The summed E-state index contributed by atoms with van der Waals surface area (Å²) in [5.74, 6) is -1.59. The molecule has 2 aromatic heterocycles. The lowest BCUT2D eigenvalue weighted by molar-refractivity contribution is -0.137. The molecular formula is C12H12N2O4. The maximum atomic E-state index is 11.1. The van der Waals surface area contributed by atoms with Gasteiger partial charge in [-0.3, -0.25) is 4.79 Å². The summed E-state index contributed by atoms with van der Waals surface area (Å²) in [5, 5.41) is 17.7. The fourth-order valence-corrected chi connectivity index (χ4v) is 1.81. The number of aliphatic carboxylic acids is 1. The molecule has 0 saturated carbocycles. The number of aryl methyl sites for hydroxylation is 2. The number of carbonyl (C=O) groups is 2. The molecule has 0 bridgehead atoms. The zero-order chi connectivity index (χ0) is 13.3. The van der Waals surface area contributed by atoms with Crippen LogP contribution >= 0.6 is 0 Å². The summed E-state index contributed by atoms with van der Waals surface area (Å²) in [5.41, 5.74) is 1.39. The summed E-state index contributed by atoms with van der Waals surface area (Å²) in [7, 11) is 0. The van der Waals surface area contributed by atoms with Gasteiger partial charge in [0.25, 0.3) is 0 Å². The summed E-state index contributed by atoms with van der Waals surface area (Å²) in [6.45, 7) is 1.88. The van der Waals surface area contributed by atoms with Gasteiger partial charge in [-0.25, -0.2) is 9.78 Å². The molecule has 18 heavy (non-hydrogen) atoms. The maximum absolute atomic E-state index is 11.1. The van der Waals surface area contributed by atoms with Crippen LogP contribution in [0.1, 0.15) is 28.3 Å². The molecule has 0 saturated heterocycles. The van der Waals surface area contributed by atoms with Crippen LogP contribution in [-0.2, 0) is 11.2 Å². The molecule has 94 valence electrons. The second kappa shape index (κ2) is 4.48. The van der Waals surface area contributed by atoms with Crippen molar-refractivity contribution in [1.29, 1.82) is 0 Å². The lowest BCUT2D eigenvalue weighted by atomic mass is 10.2. The third-order valence-electron chi connectivity index (χ3n) is 2.62. The van der Waals surface area contributed by atoms with Crippen LogP contribution in [-0.4, -0.2) is 31.5 Å². The van der Waals surface area contributed by atoms with Crippen LogP contribution in [0.25, 0.3) is 5.52 Å². The topological polar surface area (TPSA) is 91.9 Å². The van der Waals surface area contributed by atoms with Crippen molar-refractivity contribution in [1.82, 2.24) is 9.38 Å². The quantitative estimate of drug-likeness (QED) is 0.852. The van der Waals surface area contributed by atoms with E-state index in [0.717, 1.165) is 5.56 Å². The van der Waals surface area contributed by atoms with Crippen LogP contribution in [0.2, 0.25) is 0 Å². The summed E-state index contributed by atoms with van der Waals surface area (Å²) in [4.78, 5) is 25.6. The van der Waals surface area contributed by atoms with E-state index in [9.17, 15) is 9.59 Å². The van der Waals surface area contributed by atoms with Gasteiger partial charge in [0.05, 0.1) is 11.9 Å². The second-order valence-electron chi connectivity index (χ2n) is 4.04. The zero-order valence-electron chi connectivity index (χ0n) is 9.75. The molecule has 0 aromatic carbocycles. The van der Waals surface area contributed by atoms with E-state index in [4.69, 9.17) is 10.2 Å². The number of carboxylic acids is 2. The second-order valence-corrected chi connectivity index (χ2v) is 4.04. The number of rotatable bonds is 4. The molecule has 0 atom stereocenters. The number of pyridine rings is 1. The number of hydrogen-bond donors (Lipinski definition) is 2. The highest BCUT2D eigenvalue weighted by molar-refractivity contribution is 5.93. The Bertz CT molecular complexity index is 630. The molecule has 6 heteroatoms. The summed E-state index contributed by atoms with van der Waals surface area (Å²) >= 11 is 0. The fourth-order valence-electron chi connectivity index (χ4n) is 1.81. The molecule has 2 heterocycles. The Morgan fingerprint density at radius 2 is 2.06 bits per heavy atom. The smallest absolute Gasteiger partial charge is 0.356 e. The number of nitrogens with zero attached hydrogens (tertiary/aromatic N) is 2. The molecule has 2 aromatic rings. The minimum absolute atomic E-state index is 0.0459. The maximum Gasteiger partial charge on any atom is 0.356 e. The summed E-state index contributed by atoms with van der Waals surface area (Å²) < 4.78 is 1.64. The average Bonchev–Trinajstić information content (AvgIpc) is 2.64. The third-order valence-corrected chi connectivity index (χ3v) is 2.62. The first-order valence-corrected chi connectivity index (χ1v) is 5.41. The van der Waals surface area contributed by atoms with Crippen LogP contribution in [0, 0.1) is 6.92 Å². The van der Waals surface area contributed by atoms with Crippen LogP contribution < -0.4 is 0 Å². The third kappa shape index (κ3) is 2.17. The normalized spacial score (nSPS) is 10.7. The minimum Gasteiger partial charge on any atom is -0.481 e. The van der Waals surface area contributed by atoms with E-state index in [1.807, 2.05) is 6.92 Å². The van der Waals surface area contributed by atoms with Gasteiger partial charge in [0.2, 0.25) is 0 Å². The molecule has 0 aliphatic heterocycles. The molecule has 0 aliphatic carbocycles. The summed E-state index contributed by atoms with van der Waals surface area (Å²) in [6.07, 6.45) is 1.88. The Morgan fingerprint density at radius 1 is 1.33 bits per heavy atom. The van der Waals surface area contributed by atoms with Crippen molar-refractivity contribution in [2.24, 2.45) is 0 Å². The van der Waals surface area contributed by atoms with E-state index in [0.29, 0.717) is 11.3 Å². The van der Waals surface area contributed by atoms with Crippen LogP contribution in [0.3, 0.4) is 0 Å². The van der Waals surface area contributed by atoms with E-state index >= 15 is 0 Å². The predicted molar refractivity (Wildman–Crippen MR) is 62.8 cm³/mol. The molecule has 0 spiro atoms. The molecule has 6 nitrogen and oxygen atoms in total. The number of imidazole rings is 1. The van der Waals surface area contributed by atoms with Crippen LogP contribution in [0.4, 0.5) is 0 Å². The van der Waals surface area contributed by atoms with Crippen molar-refractivity contribution < 1.29 is 19.8 Å². The van der Waals surface area contributed by atoms with Crippen molar-refractivity contribution in [2.75, 3.05) is 0 Å². The van der Waals surface area contributed by atoms with E-state index in [1.54, 1.807) is 22.7 Å². The van der Waals surface area contributed by atoms with Crippen molar-refractivity contribution in [3.8, 4) is 0 Å². The first kappa shape index (κ1) is 12.1. The fraction of sp³-hybridized carbons (Fsp3) is 0.250. The van der Waals surface area contributed by atoms with Gasteiger partial charge < -0.3 is 14.6 Å². The van der Waals surface area contributed by atoms with Crippen molar-refractivity contribution >= 4 is 17.5 Å². The molecule has 2 N–H and O–H groups in total. The molecule has 0 aliphatic rings. The Morgan fingerprint density at radius 3 is 2.67 bits per heavy atom. The van der Waals surface area contributed by atoms with E-state index in [-0.39, 0.29) is 18.5 Å². The van der Waals surface area contributed by atoms with Gasteiger partial charge in [0.1, 0.15) is 5.82 Å². The van der Waals surface area contributed by atoms with Gasteiger partial charge in [-0.05, 0) is 18.6 Å². The molecule has 0 radical (unpaired) electrons. The highest BCUT2D eigenvalue weighted by atomic mass is 16.4. The minimum atomic E-state index is -1.11. The van der Waals surface area contributed by atoms with Gasteiger partial charge in [-0.1, -0.05) is 6.07 Å². The largest absolute Gasteiger partial charge is 0.481 e. The average molecular weight is 248 g/mol. The highest BCUT2D eigenvalue weighted by Gasteiger charge is 2.16. The predicted octanol–water partition coefficient (Wildman–Crippen LogP) is 1.36. The lowest BCUT2D eigenvalue weighted by Crippen LogP contribution is -2.01. The Labute approximate surface area is 103 Å². The number of fused-ring (bicyclic) bond motifs is 1. The van der Waals surface area contributed by atoms with Gasteiger partial charge >= 0.3 is 11.9 Å². The van der Waals surface area contributed by atoms with Gasteiger partial charge in [0, 0.05) is 12.6 Å². The van der Waals surface area contributed by atoms with Crippen LogP contribution in [0.15, 0.2) is 18.3 Å². The first-order chi connectivity index (χ1) is 8.49. The molecule has 2 rings (SSSR count). The van der Waals surface area contributed by atoms with E-state index in [2.05, 4.69) is 4.98 Å². The zero-order valence-corrected chi connectivity index (χ0v) is 9.75. The van der Waals surface area contributed by atoms with E-state index < -0.39 is 11.9 Å². The number of carboxylic acid groups (broad SMARTS) is 2. The standard InChI is InChI=1S/C12H12N2O4/c1-7-2-3-8-11(12(17)18)13-9(14(8)6-7)4-5-10(15)16/h2-3,6H,4-5H2,1H3,(H,15,16)(H,17,18). The van der Waals surface area contributed by atoms with Gasteiger partial charge in [-0.15, -0.1) is 0 Å². The van der Waals surface area contributed by atoms with Crippen molar-refractivity contribution in [3.05, 3.63) is 35.4 Å². The van der Waals surface area contributed by atoms with E-state index in [1.165, 1.54) is 0 Å². The van der Waals surface area contributed by atoms with Crippen molar-refractivity contribution in [3.63, 3.8) is 0 Å². The Balaban J connectivity index is 2.54. The lowest BCUT2D eigenvalue weighted by Gasteiger charge is -2.00. The monoisotopic (exact) mass is 248 g/mol. The van der Waals surface area contributed by atoms with Crippen molar-refractivity contribution in [2.45, 2.75) is 19.8 Å². The Kier molecular flexibility index (Phi) is 3.01. The van der Waals surface area contributed by atoms with Gasteiger partial charge in [-0.2, -0.15) is 0 Å². The Hall–Kier alpha value is -2.37.